The van der Waals surface area contributed by atoms with Crippen molar-refractivity contribution in [3.05, 3.63) is 41.0 Å². The monoisotopic (exact) mass is 357 g/mol. The second-order valence-electron chi connectivity index (χ2n) is 7.99. The van der Waals surface area contributed by atoms with Crippen LogP contribution in [0.4, 0.5) is 0 Å². The highest BCUT2D eigenvalue weighted by Gasteiger charge is 2.51. The Labute approximate surface area is 149 Å². The Morgan fingerprint density at radius 2 is 2.12 bits per heavy atom. The van der Waals surface area contributed by atoms with Gasteiger partial charge in [-0.05, 0) is 73.1 Å². The van der Waals surface area contributed by atoms with Gasteiger partial charge in [0.15, 0.2) is 0 Å². The van der Waals surface area contributed by atoms with Crippen LogP contribution >= 0.6 is 0 Å². The van der Waals surface area contributed by atoms with Crippen LogP contribution in [-0.2, 0) is 16.5 Å². The summed E-state index contributed by atoms with van der Waals surface area (Å²) < 4.78 is 27.8. The average molecular weight is 357 g/mol. The molecule has 0 saturated heterocycles. The normalized spacial score (nSPS) is 33.5. The Morgan fingerprint density at radius 3 is 2.84 bits per heavy atom. The predicted octanol–water partition coefficient (Wildman–Crippen LogP) is 3.94. The van der Waals surface area contributed by atoms with Crippen LogP contribution < -0.4 is 4.18 Å². The van der Waals surface area contributed by atoms with Crippen LogP contribution in [0, 0.1) is 28.6 Å². The van der Waals surface area contributed by atoms with Gasteiger partial charge in [0.05, 0.1) is 12.3 Å². The standard InChI is InChI=1S/C20H23NO3S/c1-20-10-9-17-16-7-5-15(24-25(2,22)23)11-13(16)3-6-18(17)19(20)8-4-14(20)12-21/h4-5,7,11,17-19H,3,6,8-10H2,1-2H3/t17-,18-,19+,20-/m1/s1. The number of nitrogens with zero attached hydrogens (tertiary/aromatic N) is 1. The molecule has 0 N–H and O–H groups in total. The molecule has 0 radical (unpaired) electrons. The number of aryl methyl sites for hydroxylation is 1. The zero-order valence-electron chi connectivity index (χ0n) is 14.7. The molecule has 3 aliphatic rings. The molecule has 0 aromatic heterocycles. The van der Waals surface area contributed by atoms with Crippen molar-refractivity contribution in [1.29, 1.82) is 5.26 Å². The molecule has 1 aromatic carbocycles. The molecule has 1 fully saturated rings. The molecular formula is C20H23NO3S. The summed E-state index contributed by atoms with van der Waals surface area (Å²) in [4.78, 5) is 0. The van der Waals surface area contributed by atoms with Gasteiger partial charge in [-0.1, -0.05) is 19.1 Å². The fourth-order valence-electron chi connectivity index (χ4n) is 5.53. The quantitative estimate of drug-likeness (QED) is 0.752. The molecule has 4 rings (SSSR count). The first-order chi connectivity index (χ1) is 11.8. The van der Waals surface area contributed by atoms with Crippen LogP contribution in [0.15, 0.2) is 29.8 Å². The Morgan fingerprint density at radius 1 is 1.32 bits per heavy atom. The van der Waals surface area contributed by atoms with Gasteiger partial charge in [-0.15, -0.1) is 0 Å². The van der Waals surface area contributed by atoms with Crippen LogP contribution in [0.1, 0.15) is 49.7 Å². The molecule has 0 spiro atoms. The third-order valence-corrected chi connectivity index (χ3v) is 7.14. The van der Waals surface area contributed by atoms with Gasteiger partial charge in [-0.3, -0.25) is 0 Å². The van der Waals surface area contributed by atoms with E-state index in [1.807, 2.05) is 6.07 Å². The van der Waals surface area contributed by atoms with Crippen LogP contribution in [0.3, 0.4) is 0 Å². The number of hydrogen-bond acceptors (Lipinski definition) is 4. The van der Waals surface area contributed by atoms with Gasteiger partial charge in [0.2, 0.25) is 0 Å². The van der Waals surface area contributed by atoms with E-state index in [0.717, 1.165) is 43.9 Å². The van der Waals surface area contributed by atoms with Crippen molar-refractivity contribution in [3.63, 3.8) is 0 Å². The van der Waals surface area contributed by atoms with E-state index in [9.17, 15) is 13.7 Å². The van der Waals surface area contributed by atoms with Crippen molar-refractivity contribution in [3.8, 4) is 11.8 Å². The molecule has 1 saturated carbocycles. The molecule has 3 aliphatic carbocycles. The van der Waals surface area contributed by atoms with Gasteiger partial charge >= 0.3 is 10.1 Å². The van der Waals surface area contributed by atoms with E-state index >= 15 is 0 Å². The highest BCUT2D eigenvalue weighted by Crippen LogP contribution is 2.60. The van der Waals surface area contributed by atoms with Gasteiger partial charge in [0, 0.05) is 11.0 Å². The van der Waals surface area contributed by atoms with E-state index in [0.29, 0.717) is 23.5 Å². The van der Waals surface area contributed by atoms with E-state index < -0.39 is 10.1 Å². The fourth-order valence-corrected chi connectivity index (χ4v) is 5.98. The summed E-state index contributed by atoms with van der Waals surface area (Å²) in [6.45, 7) is 2.27. The van der Waals surface area contributed by atoms with Crippen LogP contribution in [-0.4, -0.2) is 14.7 Å². The Balaban J connectivity index is 1.64. The van der Waals surface area contributed by atoms with Crippen molar-refractivity contribution < 1.29 is 12.6 Å². The Bertz CT molecular complexity index is 896. The Kier molecular flexibility index (Phi) is 3.73. The lowest BCUT2D eigenvalue weighted by Crippen LogP contribution is -2.41. The largest absolute Gasteiger partial charge is 0.383 e. The lowest BCUT2D eigenvalue weighted by atomic mass is 9.54. The first-order valence-corrected chi connectivity index (χ1v) is 10.8. The maximum absolute atomic E-state index is 11.4. The number of rotatable bonds is 2. The molecular weight excluding hydrogens is 334 g/mol. The number of nitriles is 1. The minimum atomic E-state index is -3.49. The molecule has 4 atom stereocenters. The van der Waals surface area contributed by atoms with Crippen LogP contribution in [0.5, 0.6) is 5.75 Å². The maximum Gasteiger partial charge on any atom is 0.306 e. The van der Waals surface area contributed by atoms with E-state index in [-0.39, 0.29) is 5.41 Å². The minimum absolute atomic E-state index is 0.0484. The van der Waals surface area contributed by atoms with Gasteiger partial charge in [-0.2, -0.15) is 13.7 Å². The maximum atomic E-state index is 11.4. The zero-order chi connectivity index (χ0) is 17.8. The molecule has 132 valence electrons. The van der Waals surface area contributed by atoms with Crippen molar-refractivity contribution in [1.82, 2.24) is 0 Å². The number of hydrogen-bond donors (Lipinski definition) is 0. The van der Waals surface area contributed by atoms with E-state index in [4.69, 9.17) is 4.18 Å². The SMILES string of the molecule is C[C@]12CC[C@@H]3c4ccc(OS(C)(=O)=O)cc4CC[C@H]3[C@@H]1CC=C2C#N. The summed E-state index contributed by atoms with van der Waals surface area (Å²) in [7, 11) is -3.49. The summed E-state index contributed by atoms with van der Waals surface area (Å²) in [6, 6.07) is 8.17. The lowest BCUT2D eigenvalue weighted by Gasteiger charge is -2.49. The van der Waals surface area contributed by atoms with Gasteiger partial charge in [0.25, 0.3) is 0 Å². The molecule has 0 aliphatic heterocycles. The highest BCUT2D eigenvalue weighted by molar-refractivity contribution is 7.86. The number of benzene rings is 1. The molecule has 25 heavy (non-hydrogen) atoms. The molecule has 0 amide bonds. The summed E-state index contributed by atoms with van der Waals surface area (Å²) in [5.41, 5.74) is 3.60. The smallest absolute Gasteiger partial charge is 0.306 e. The molecule has 1 aromatic rings. The zero-order valence-corrected chi connectivity index (χ0v) is 15.5. The van der Waals surface area contributed by atoms with E-state index in [1.54, 1.807) is 6.07 Å². The fraction of sp³-hybridized carbons (Fsp3) is 0.550. The molecule has 0 heterocycles. The van der Waals surface area contributed by atoms with Gasteiger partial charge in [-0.25, -0.2) is 0 Å². The third-order valence-electron chi connectivity index (χ3n) is 6.65. The minimum Gasteiger partial charge on any atom is -0.383 e. The molecule has 0 bridgehead atoms. The van der Waals surface area contributed by atoms with Gasteiger partial charge < -0.3 is 4.18 Å². The van der Waals surface area contributed by atoms with Crippen molar-refractivity contribution in [2.45, 2.75) is 44.9 Å². The number of allylic oxidation sites excluding steroid dienone is 2. The van der Waals surface area contributed by atoms with E-state index in [1.165, 1.54) is 11.1 Å². The molecule has 5 heteroatoms. The summed E-state index contributed by atoms with van der Waals surface area (Å²) >= 11 is 0. The average Bonchev–Trinajstić information content (AvgIpc) is 2.89. The number of fused-ring (bicyclic) bond motifs is 5. The second kappa shape index (κ2) is 5.60. The lowest BCUT2D eigenvalue weighted by molar-refractivity contribution is 0.0780. The van der Waals surface area contributed by atoms with Gasteiger partial charge in [0.1, 0.15) is 5.75 Å². The summed E-state index contributed by atoms with van der Waals surface area (Å²) in [5.74, 6) is 2.09. The van der Waals surface area contributed by atoms with Crippen molar-refractivity contribution in [2.24, 2.45) is 17.3 Å². The van der Waals surface area contributed by atoms with Crippen molar-refractivity contribution >= 4 is 10.1 Å². The first-order valence-electron chi connectivity index (χ1n) is 8.95. The first kappa shape index (κ1) is 16.7. The Hall–Kier alpha value is -1.80. The third kappa shape index (κ3) is 2.67. The molecule has 4 nitrogen and oxygen atoms in total. The summed E-state index contributed by atoms with van der Waals surface area (Å²) in [6.07, 6.45) is 8.45. The van der Waals surface area contributed by atoms with E-state index in [2.05, 4.69) is 25.1 Å². The second-order valence-corrected chi connectivity index (χ2v) is 9.56. The topological polar surface area (TPSA) is 67.2 Å². The van der Waals surface area contributed by atoms with Crippen LogP contribution in [0.2, 0.25) is 0 Å². The molecule has 0 unspecified atom stereocenters. The highest BCUT2D eigenvalue weighted by atomic mass is 32.2. The van der Waals surface area contributed by atoms with Crippen molar-refractivity contribution in [2.75, 3.05) is 6.26 Å². The van der Waals surface area contributed by atoms with Crippen LogP contribution in [0.25, 0.3) is 0 Å². The summed E-state index contributed by atoms with van der Waals surface area (Å²) in [5, 5.41) is 9.47. The predicted molar refractivity (Wildman–Crippen MR) is 95.6 cm³/mol.